The van der Waals surface area contributed by atoms with Crippen molar-refractivity contribution in [3.8, 4) is 0 Å². The lowest BCUT2D eigenvalue weighted by Gasteiger charge is -1.29. The molecule has 0 atom stereocenters. The molecule has 0 aromatic rings. The molecular weight excluding hydrogens is 80.2 g/mol. The van der Waals surface area contributed by atoms with Crippen molar-refractivity contribution in [1.82, 2.24) is 0 Å². The lowest BCUT2D eigenvalue weighted by atomic mass is 11.3. The molecule has 0 aliphatic rings. The summed E-state index contributed by atoms with van der Waals surface area (Å²) in [6, 6.07) is 0. The molecule has 0 aliphatic carbocycles. The van der Waals surface area contributed by atoms with Gasteiger partial charge in [0.25, 0.3) is 0 Å². The molecule has 0 amide bonds. The molecule has 0 radical (unpaired) electrons. The first kappa shape index (κ1) is 8.90. The van der Waals surface area contributed by atoms with Gasteiger partial charge in [0.1, 0.15) is 0 Å². The normalized spacial score (nSPS) is 4.00. The third kappa shape index (κ3) is 99.2. The van der Waals surface area contributed by atoms with Gasteiger partial charge in [0.15, 0.2) is 0 Å². The SMILES string of the molecule is C=C[SiH3].[SiH4]. The van der Waals surface area contributed by atoms with E-state index in [4.69, 9.17) is 0 Å². The predicted octanol–water partition coefficient (Wildman–Crippen LogP) is -1.96. The molecule has 0 rings (SSSR count). The average Bonchev–Trinajstić information content (AvgIpc) is 0.918. The quantitative estimate of drug-likeness (QED) is 0.303. The van der Waals surface area contributed by atoms with Gasteiger partial charge in [-0.05, 0) is 11.0 Å². The molecule has 0 N–H and O–H groups in total. The van der Waals surface area contributed by atoms with Crippen LogP contribution in [-0.4, -0.2) is 21.2 Å². The first-order valence-corrected chi connectivity index (χ1v) is 2.14. The second-order valence-electron chi connectivity index (χ2n) is 0.408. The van der Waals surface area contributed by atoms with Crippen LogP contribution < -0.4 is 0 Å². The van der Waals surface area contributed by atoms with Crippen LogP contribution in [0, 0.1) is 0 Å². The van der Waals surface area contributed by atoms with E-state index in [1.807, 2.05) is 5.70 Å². The lowest BCUT2D eigenvalue weighted by molar-refractivity contribution is 2.63. The second-order valence-corrected chi connectivity index (χ2v) is 1.22. The van der Waals surface area contributed by atoms with Gasteiger partial charge >= 0.3 is 0 Å². The maximum absolute atomic E-state index is 3.42. The molecule has 0 aromatic heterocycles. The van der Waals surface area contributed by atoms with Gasteiger partial charge < -0.3 is 0 Å². The van der Waals surface area contributed by atoms with Gasteiger partial charge in [-0.3, -0.25) is 0 Å². The molecule has 0 heterocycles. The minimum Gasteiger partial charge on any atom is -0.112 e. The van der Waals surface area contributed by atoms with Crippen molar-refractivity contribution in [2.45, 2.75) is 0 Å². The zero-order valence-corrected chi connectivity index (χ0v) is 4.28. The third-order valence-electron chi connectivity index (χ3n) is 0. The molecule has 0 fully saturated rings. The Balaban J connectivity index is 0. The first-order valence-electron chi connectivity index (χ1n) is 0.986. The summed E-state index contributed by atoms with van der Waals surface area (Å²) in [5, 5.41) is 0. The third-order valence-corrected chi connectivity index (χ3v) is 0. The molecule has 0 aliphatic heterocycles. The summed E-state index contributed by atoms with van der Waals surface area (Å²) >= 11 is 0. The Morgan fingerprint density at radius 3 is 1.75 bits per heavy atom. The molecule has 0 saturated carbocycles. The van der Waals surface area contributed by atoms with E-state index in [-0.39, 0.29) is 11.0 Å². The first-order chi connectivity index (χ1) is 1.41. The summed E-state index contributed by atoms with van der Waals surface area (Å²) < 4.78 is 0. The molecule has 0 bridgehead atoms. The van der Waals surface area contributed by atoms with Crippen LogP contribution in [0.1, 0.15) is 0 Å². The number of hydrogen-bond acceptors (Lipinski definition) is 0. The number of hydrogen-bond donors (Lipinski definition) is 0. The van der Waals surface area contributed by atoms with Gasteiger partial charge in [-0.15, -0.1) is 12.3 Å². The summed E-state index contributed by atoms with van der Waals surface area (Å²) in [6.07, 6.45) is 0. The van der Waals surface area contributed by atoms with Crippen molar-refractivity contribution in [3.63, 3.8) is 0 Å². The van der Waals surface area contributed by atoms with Crippen LogP contribution in [-0.2, 0) is 0 Å². The van der Waals surface area contributed by atoms with Crippen molar-refractivity contribution in [1.29, 1.82) is 0 Å². The Hall–Kier alpha value is 0.174. The minimum atomic E-state index is 0. The Bertz CT molecular complexity index is 11.5. The van der Waals surface area contributed by atoms with E-state index in [0.717, 1.165) is 10.2 Å². The van der Waals surface area contributed by atoms with Gasteiger partial charge in [0, 0.05) is 10.2 Å². The van der Waals surface area contributed by atoms with Crippen LogP contribution >= 0.6 is 0 Å². The van der Waals surface area contributed by atoms with Crippen LogP contribution in [0.2, 0.25) is 0 Å². The van der Waals surface area contributed by atoms with Gasteiger partial charge in [-0.1, -0.05) is 0 Å². The van der Waals surface area contributed by atoms with E-state index in [9.17, 15) is 0 Å². The predicted molar refractivity (Wildman–Crippen MR) is 31.5 cm³/mol. The maximum atomic E-state index is 3.42. The van der Waals surface area contributed by atoms with E-state index >= 15 is 0 Å². The van der Waals surface area contributed by atoms with Crippen LogP contribution in [0.3, 0.4) is 0 Å². The Morgan fingerprint density at radius 2 is 1.75 bits per heavy atom. The zero-order chi connectivity index (χ0) is 2.71. The fraction of sp³-hybridized carbons (Fsp3) is 0. The molecule has 0 saturated heterocycles. The maximum Gasteiger partial charge on any atom is 0.0283 e. The minimum absolute atomic E-state index is 0. The Morgan fingerprint density at radius 1 is 1.75 bits per heavy atom. The van der Waals surface area contributed by atoms with Gasteiger partial charge in [0.05, 0.1) is 0 Å². The highest BCUT2D eigenvalue weighted by Crippen LogP contribution is 1.24. The standard InChI is InChI=1S/C2H6Si.H4Si/c1-2-3;/h2H,1H2,3H3;1H4. The topological polar surface area (TPSA) is 0 Å². The molecule has 26 valence electrons. The van der Waals surface area contributed by atoms with E-state index < -0.39 is 0 Å². The molecule has 0 spiro atoms. The highest BCUT2D eigenvalue weighted by atomic mass is 28.1. The van der Waals surface area contributed by atoms with Gasteiger partial charge in [0.2, 0.25) is 0 Å². The molecule has 4 heavy (non-hydrogen) atoms. The van der Waals surface area contributed by atoms with Crippen molar-refractivity contribution < 1.29 is 0 Å². The Kier molecular flexibility index (Phi) is 24.2. The van der Waals surface area contributed by atoms with Crippen molar-refractivity contribution in [3.05, 3.63) is 12.3 Å². The highest BCUT2D eigenvalue weighted by molar-refractivity contribution is 6.16. The zero-order valence-electron chi connectivity index (χ0n) is 2.28. The van der Waals surface area contributed by atoms with Crippen molar-refractivity contribution in [2.24, 2.45) is 0 Å². The van der Waals surface area contributed by atoms with Crippen LogP contribution in [0.4, 0.5) is 0 Å². The average molecular weight is 90.3 g/mol. The van der Waals surface area contributed by atoms with Gasteiger partial charge in [-0.2, -0.15) is 0 Å². The summed E-state index contributed by atoms with van der Waals surface area (Å²) in [5.41, 5.74) is 1.89. The van der Waals surface area contributed by atoms with Crippen molar-refractivity contribution >= 4 is 21.2 Å². The molecule has 0 unspecified atom stereocenters. The van der Waals surface area contributed by atoms with E-state index in [1.165, 1.54) is 0 Å². The summed E-state index contributed by atoms with van der Waals surface area (Å²) in [6.45, 7) is 3.42. The lowest BCUT2D eigenvalue weighted by Crippen LogP contribution is -1.29. The second kappa shape index (κ2) is 10.9. The van der Waals surface area contributed by atoms with Crippen LogP contribution in [0.5, 0.6) is 0 Å². The van der Waals surface area contributed by atoms with E-state index in [2.05, 4.69) is 6.58 Å². The van der Waals surface area contributed by atoms with E-state index in [0.29, 0.717) is 0 Å². The summed E-state index contributed by atoms with van der Waals surface area (Å²) in [7, 11) is 1.13. The van der Waals surface area contributed by atoms with Crippen LogP contribution in [0.15, 0.2) is 12.3 Å². The number of rotatable bonds is 0. The summed E-state index contributed by atoms with van der Waals surface area (Å²) in [5.74, 6) is 0. The largest absolute Gasteiger partial charge is 0.112 e. The molecule has 0 nitrogen and oxygen atoms in total. The van der Waals surface area contributed by atoms with Crippen LogP contribution in [0.25, 0.3) is 0 Å². The smallest absolute Gasteiger partial charge is 0.0283 e. The fourth-order valence-electron chi connectivity index (χ4n) is 0. The van der Waals surface area contributed by atoms with Crippen molar-refractivity contribution in [2.75, 3.05) is 0 Å². The molecule has 2 heteroatoms. The molecular formula is C2H10Si2. The highest BCUT2D eigenvalue weighted by Gasteiger charge is 1.16. The van der Waals surface area contributed by atoms with E-state index in [1.54, 1.807) is 0 Å². The fourth-order valence-corrected chi connectivity index (χ4v) is 0. The molecule has 0 aromatic carbocycles. The van der Waals surface area contributed by atoms with Gasteiger partial charge in [-0.25, -0.2) is 0 Å². The Labute approximate surface area is 34.4 Å². The monoisotopic (exact) mass is 90.0 g/mol. The summed E-state index contributed by atoms with van der Waals surface area (Å²) in [4.78, 5) is 0.